The number of amides is 2. The maximum Gasteiger partial charge on any atom is 0.254 e. The zero-order valence-corrected chi connectivity index (χ0v) is 21.3. The molecule has 7 nitrogen and oxygen atoms in total. The molecule has 3 aromatic carbocycles. The molecular formula is C27H28FN3O4S. The van der Waals surface area contributed by atoms with E-state index in [1.165, 1.54) is 31.2 Å². The van der Waals surface area contributed by atoms with E-state index in [-0.39, 0.29) is 22.3 Å². The van der Waals surface area contributed by atoms with Gasteiger partial charge in [-0.25, -0.2) is 12.8 Å². The van der Waals surface area contributed by atoms with Crippen molar-refractivity contribution in [1.29, 1.82) is 0 Å². The van der Waals surface area contributed by atoms with Gasteiger partial charge in [-0.05, 0) is 59.7 Å². The van der Waals surface area contributed by atoms with Crippen molar-refractivity contribution in [3.8, 4) is 11.1 Å². The predicted octanol–water partition coefficient (Wildman–Crippen LogP) is 3.84. The van der Waals surface area contributed by atoms with E-state index in [2.05, 4.69) is 4.90 Å². The van der Waals surface area contributed by atoms with E-state index in [0.29, 0.717) is 37.3 Å². The number of carbonyl (C=O) groups excluding carboxylic acids is 2. The minimum absolute atomic E-state index is 0.0465. The number of halogens is 1. The molecular weight excluding hydrogens is 481 g/mol. The number of rotatable bonds is 5. The Balaban J connectivity index is 1.55. The Kier molecular flexibility index (Phi) is 7.12. The largest absolute Gasteiger partial charge is 0.368 e. The van der Waals surface area contributed by atoms with Gasteiger partial charge in [0.1, 0.15) is 5.82 Å². The SMILES string of the molecule is CC(=O)N(C)c1ccc(N2CCN(C(=O)c3cc(S(C)(=O)=O)ccc3-c3ccc(F)cc3)CC2)cc1. The average Bonchev–Trinajstić information content (AvgIpc) is 2.87. The van der Waals surface area contributed by atoms with Crippen molar-refractivity contribution >= 4 is 33.0 Å². The molecule has 0 aliphatic carbocycles. The van der Waals surface area contributed by atoms with Gasteiger partial charge in [-0.3, -0.25) is 9.59 Å². The van der Waals surface area contributed by atoms with Crippen LogP contribution in [0.15, 0.2) is 71.6 Å². The summed E-state index contributed by atoms with van der Waals surface area (Å²) in [7, 11) is -1.80. The Labute approximate surface area is 210 Å². The molecule has 3 aromatic rings. The minimum Gasteiger partial charge on any atom is -0.368 e. The smallest absolute Gasteiger partial charge is 0.254 e. The summed E-state index contributed by atoms with van der Waals surface area (Å²) in [5.41, 5.74) is 3.26. The van der Waals surface area contributed by atoms with Crippen molar-refractivity contribution in [1.82, 2.24) is 4.90 Å². The van der Waals surface area contributed by atoms with Crippen LogP contribution < -0.4 is 9.80 Å². The van der Waals surface area contributed by atoms with Crippen molar-refractivity contribution < 1.29 is 22.4 Å². The highest BCUT2D eigenvalue weighted by Gasteiger charge is 2.26. The lowest BCUT2D eigenvalue weighted by atomic mass is 9.98. The van der Waals surface area contributed by atoms with Gasteiger partial charge >= 0.3 is 0 Å². The topological polar surface area (TPSA) is 78.0 Å². The molecule has 1 aliphatic heterocycles. The van der Waals surface area contributed by atoms with Crippen LogP contribution in [0.4, 0.5) is 15.8 Å². The summed E-state index contributed by atoms with van der Waals surface area (Å²) < 4.78 is 37.8. The standard InChI is InChI=1S/C27H28FN3O4S/c1-19(32)29(2)22-8-10-23(11-9-22)30-14-16-31(17-15-30)27(33)26-18-24(36(3,34)35)12-13-25(26)20-4-6-21(28)7-5-20/h4-13,18H,14-17H2,1-3H3. The Morgan fingerprint density at radius 2 is 1.50 bits per heavy atom. The second-order valence-corrected chi connectivity index (χ2v) is 10.9. The van der Waals surface area contributed by atoms with Gasteiger partial charge in [0.2, 0.25) is 5.91 Å². The van der Waals surface area contributed by atoms with E-state index in [0.717, 1.165) is 17.6 Å². The highest BCUT2D eigenvalue weighted by molar-refractivity contribution is 7.90. The third-order valence-electron chi connectivity index (χ3n) is 6.45. The number of nitrogens with zero attached hydrogens (tertiary/aromatic N) is 3. The summed E-state index contributed by atoms with van der Waals surface area (Å²) >= 11 is 0. The first kappa shape index (κ1) is 25.4. The van der Waals surface area contributed by atoms with Crippen molar-refractivity contribution in [2.24, 2.45) is 0 Å². The maximum atomic E-state index is 13.6. The molecule has 0 atom stereocenters. The lowest BCUT2D eigenvalue weighted by Gasteiger charge is -2.36. The number of sulfone groups is 1. The van der Waals surface area contributed by atoms with E-state index < -0.39 is 15.7 Å². The maximum absolute atomic E-state index is 13.6. The quantitative estimate of drug-likeness (QED) is 0.522. The van der Waals surface area contributed by atoms with Gasteiger partial charge in [0.05, 0.1) is 4.90 Å². The zero-order chi connectivity index (χ0) is 26.0. The van der Waals surface area contributed by atoms with Gasteiger partial charge in [-0.1, -0.05) is 18.2 Å². The molecule has 188 valence electrons. The molecule has 0 radical (unpaired) electrons. The molecule has 1 aliphatic rings. The van der Waals surface area contributed by atoms with Crippen molar-refractivity contribution in [3.05, 3.63) is 78.1 Å². The number of anilines is 2. The lowest BCUT2D eigenvalue weighted by Crippen LogP contribution is -2.49. The van der Waals surface area contributed by atoms with E-state index >= 15 is 0 Å². The number of benzene rings is 3. The van der Waals surface area contributed by atoms with Gasteiger partial charge in [-0.2, -0.15) is 0 Å². The van der Waals surface area contributed by atoms with E-state index in [1.807, 2.05) is 24.3 Å². The Hall–Kier alpha value is -3.72. The van der Waals surface area contributed by atoms with Crippen LogP contribution in [0.2, 0.25) is 0 Å². The van der Waals surface area contributed by atoms with Crippen LogP contribution in [-0.4, -0.2) is 64.6 Å². The third kappa shape index (κ3) is 5.41. The molecule has 0 spiro atoms. The second-order valence-electron chi connectivity index (χ2n) is 8.86. The first-order valence-corrected chi connectivity index (χ1v) is 13.4. The molecule has 36 heavy (non-hydrogen) atoms. The summed E-state index contributed by atoms with van der Waals surface area (Å²) in [6.45, 7) is 3.63. The van der Waals surface area contributed by atoms with Crippen molar-refractivity contribution in [2.75, 3.05) is 49.3 Å². The van der Waals surface area contributed by atoms with Crippen LogP contribution in [0.5, 0.6) is 0 Å². The van der Waals surface area contributed by atoms with E-state index in [9.17, 15) is 22.4 Å². The lowest BCUT2D eigenvalue weighted by molar-refractivity contribution is -0.116. The first-order valence-electron chi connectivity index (χ1n) is 11.5. The average molecular weight is 510 g/mol. The predicted molar refractivity (Wildman–Crippen MR) is 139 cm³/mol. The van der Waals surface area contributed by atoms with Gasteiger partial charge in [-0.15, -0.1) is 0 Å². The van der Waals surface area contributed by atoms with Crippen molar-refractivity contribution in [3.63, 3.8) is 0 Å². The molecule has 0 aromatic heterocycles. The fraction of sp³-hybridized carbons (Fsp3) is 0.259. The Morgan fingerprint density at radius 3 is 2.06 bits per heavy atom. The van der Waals surface area contributed by atoms with Crippen LogP contribution in [0, 0.1) is 5.82 Å². The van der Waals surface area contributed by atoms with Crippen LogP contribution in [0.1, 0.15) is 17.3 Å². The molecule has 0 bridgehead atoms. The van der Waals surface area contributed by atoms with Gasteiger partial charge in [0.25, 0.3) is 5.91 Å². The molecule has 0 saturated carbocycles. The Morgan fingerprint density at radius 1 is 0.889 bits per heavy atom. The molecule has 1 fully saturated rings. The van der Waals surface area contributed by atoms with Gasteiger partial charge in [0.15, 0.2) is 9.84 Å². The van der Waals surface area contributed by atoms with Crippen LogP contribution in [-0.2, 0) is 14.6 Å². The van der Waals surface area contributed by atoms with Gasteiger partial charge in [0, 0.05) is 63.3 Å². The highest BCUT2D eigenvalue weighted by Crippen LogP contribution is 2.29. The normalized spacial score (nSPS) is 14.0. The van der Waals surface area contributed by atoms with Gasteiger partial charge < -0.3 is 14.7 Å². The molecule has 2 amide bonds. The molecule has 1 heterocycles. The van der Waals surface area contributed by atoms with Crippen LogP contribution in [0.25, 0.3) is 11.1 Å². The summed E-state index contributed by atoms with van der Waals surface area (Å²) in [6.07, 6.45) is 1.10. The number of hydrogen-bond acceptors (Lipinski definition) is 5. The summed E-state index contributed by atoms with van der Waals surface area (Å²) in [4.78, 5) is 30.7. The summed E-state index contributed by atoms with van der Waals surface area (Å²) in [6, 6.07) is 17.9. The Bertz CT molecular complexity index is 1380. The number of piperazine rings is 1. The fourth-order valence-electron chi connectivity index (χ4n) is 4.22. The van der Waals surface area contributed by atoms with Crippen molar-refractivity contribution in [2.45, 2.75) is 11.8 Å². The second kappa shape index (κ2) is 10.1. The summed E-state index contributed by atoms with van der Waals surface area (Å²) in [5, 5.41) is 0. The van der Waals surface area contributed by atoms with E-state index in [4.69, 9.17) is 0 Å². The number of hydrogen-bond donors (Lipinski definition) is 0. The highest BCUT2D eigenvalue weighted by atomic mass is 32.2. The third-order valence-corrected chi connectivity index (χ3v) is 7.56. The minimum atomic E-state index is -3.52. The summed E-state index contributed by atoms with van der Waals surface area (Å²) in [5.74, 6) is -0.704. The molecule has 0 unspecified atom stereocenters. The fourth-order valence-corrected chi connectivity index (χ4v) is 4.87. The van der Waals surface area contributed by atoms with E-state index in [1.54, 1.807) is 35.0 Å². The first-order chi connectivity index (χ1) is 17.0. The molecule has 4 rings (SSSR count). The molecule has 1 saturated heterocycles. The monoisotopic (exact) mass is 509 g/mol. The molecule has 9 heteroatoms. The number of carbonyl (C=O) groups is 2. The molecule has 0 N–H and O–H groups in total. The van der Waals surface area contributed by atoms with Crippen LogP contribution >= 0.6 is 0 Å². The zero-order valence-electron chi connectivity index (χ0n) is 20.4. The van der Waals surface area contributed by atoms with Crippen LogP contribution in [0.3, 0.4) is 0 Å².